The second-order valence-corrected chi connectivity index (χ2v) is 23.8. The number of halogens is 1. The van der Waals surface area contributed by atoms with Crippen molar-refractivity contribution < 1.29 is 43.3 Å². The normalized spacial score (nSPS) is 19.3. The van der Waals surface area contributed by atoms with Gasteiger partial charge in [0.25, 0.3) is 5.91 Å². The number of hydrogen-bond donors (Lipinski definition) is 4. The second-order valence-electron chi connectivity index (χ2n) is 22.6. The number of benzene rings is 3. The van der Waals surface area contributed by atoms with Crippen molar-refractivity contribution in [1.29, 1.82) is 5.26 Å². The smallest absolute Gasteiger partial charge is 0.410 e. The van der Waals surface area contributed by atoms with E-state index < -0.39 is 63.8 Å². The van der Waals surface area contributed by atoms with Crippen LogP contribution in [0.4, 0.5) is 4.79 Å². The zero-order chi connectivity index (χ0) is 54.3. The van der Waals surface area contributed by atoms with Crippen molar-refractivity contribution in [3.05, 3.63) is 99.6 Å². The summed E-state index contributed by atoms with van der Waals surface area (Å²) in [5.41, 5.74) is 3.02. The lowest BCUT2D eigenvalue weighted by molar-refractivity contribution is -0.164. The molecule has 1 aliphatic heterocycles. The molecule has 2 heterocycles. The number of likely N-dealkylation sites (tertiary alicyclic amines) is 1. The fourth-order valence-corrected chi connectivity index (χ4v) is 11.0. The lowest BCUT2D eigenvalue weighted by atomic mass is 9.49. The van der Waals surface area contributed by atoms with Gasteiger partial charge in [-0.1, -0.05) is 84.3 Å². The average Bonchev–Trinajstić information content (AvgIpc) is 3.95. The minimum Gasteiger partial charge on any atom is -0.494 e. The van der Waals surface area contributed by atoms with Crippen molar-refractivity contribution in [2.45, 2.75) is 144 Å². The fourth-order valence-electron chi connectivity index (χ4n) is 10.0. The summed E-state index contributed by atoms with van der Waals surface area (Å²) in [5, 5.41) is 29.3. The molecule has 0 radical (unpaired) electrons. The van der Waals surface area contributed by atoms with E-state index >= 15 is 0 Å². The molecule has 0 spiro atoms. The van der Waals surface area contributed by atoms with E-state index in [0.29, 0.717) is 53.5 Å². The number of β-amino-alcohol motifs (C(OH)–C–C–N with tert-alkyl or cyclic N) is 1. The molecule has 16 nitrogen and oxygen atoms in total. The van der Waals surface area contributed by atoms with Gasteiger partial charge in [0.1, 0.15) is 47.9 Å². The molecule has 3 atom stereocenters. The van der Waals surface area contributed by atoms with Crippen LogP contribution in [-0.2, 0) is 25.7 Å². The van der Waals surface area contributed by atoms with Crippen LogP contribution in [0.5, 0.6) is 11.5 Å². The molecule has 1 saturated heterocycles. The number of hydrogen-bond acceptors (Lipinski definition) is 12. The Morgan fingerprint density at radius 3 is 2.20 bits per heavy atom. The maximum Gasteiger partial charge on any atom is 0.410 e. The first kappa shape index (κ1) is 57.1. The maximum absolute atomic E-state index is 14.3. The zero-order valence-electron chi connectivity index (χ0n) is 44.5. The first-order valence-electron chi connectivity index (χ1n) is 25.1. The SMILES string of the molecule is Cc1ncsc1-c1ccc(CNC(=O)[C@@H]2C[C@@H](O)CN2C(=O)C(NC(=O)CN(CCCCCOc2ccc(C(=O)N[C@H]3C(C)(C)[C@H](Oc4ccc(C#N)c(Cl)c4)C3(C)C)cc2)C(=O)OC(C)(C)C)C(C)(C)C)cc1. The lowest BCUT2D eigenvalue weighted by Crippen LogP contribution is -2.74. The van der Waals surface area contributed by atoms with E-state index in [4.69, 9.17) is 25.8 Å². The molecule has 5 amide bonds. The van der Waals surface area contributed by atoms with Crippen molar-refractivity contribution in [3.8, 4) is 28.0 Å². The minimum absolute atomic E-state index is 0.0473. The molecule has 398 valence electrons. The van der Waals surface area contributed by atoms with Gasteiger partial charge in [0.2, 0.25) is 17.7 Å². The van der Waals surface area contributed by atoms with Crippen molar-refractivity contribution in [2.75, 3.05) is 26.2 Å². The number of nitriles is 1. The average molecular weight is 1050 g/mol. The summed E-state index contributed by atoms with van der Waals surface area (Å²) >= 11 is 7.81. The number of thiazole rings is 1. The second kappa shape index (κ2) is 23.5. The summed E-state index contributed by atoms with van der Waals surface area (Å²) < 4.78 is 18.0. The minimum atomic E-state index is -1.09. The van der Waals surface area contributed by atoms with Crippen molar-refractivity contribution in [1.82, 2.24) is 30.7 Å². The Bertz CT molecular complexity index is 2670. The number of ether oxygens (including phenoxy) is 3. The van der Waals surface area contributed by atoms with Crippen molar-refractivity contribution in [2.24, 2.45) is 16.2 Å². The molecule has 4 aromatic rings. The highest BCUT2D eigenvalue weighted by atomic mass is 35.5. The van der Waals surface area contributed by atoms with Crippen LogP contribution in [0.2, 0.25) is 5.02 Å². The van der Waals surface area contributed by atoms with Gasteiger partial charge >= 0.3 is 6.09 Å². The van der Waals surface area contributed by atoms with Crippen LogP contribution in [0.25, 0.3) is 10.4 Å². The van der Waals surface area contributed by atoms with Gasteiger partial charge in [-0.15, -0.1) is 11.3 Å². The van der Waals surface area contributed by atoms with E-state index in [0.717, 1.165) is 21.7 Å². The van der Waals surface area contributed by atoms with Crippen LogP contribution in [0, 0.1) is 34.5 Å². The Balaban J connectivity index is 0.975. The van der Waals surface area contributed by atoms with E-state index in [9.17, 15) is 34.3 Å². The third-order valence-electron chi connectivity index (χ3n) is 13.6. The van der Waals surface area contributed by atoms with Crippen molar-refractivity contribution in [3.63, 3.8) is 0 Å². The van der Waals surface area contributed by atoms with Crippen LogP contribution >= 0.6 is 22.9 Å². The Kier molecular flexibility index (Phi) is 18.2. The fraction of sp³-hybridized carbons (Fsp3) is 0.518. The number of unbranched alkanes of at least 4 members (excludes halogenated alkanes) is 2. The van der Waals surface area contributed by atoms with Gasteiger partial charge < -0.3 is 40.2 Å². The molecular weight excluding hydrogens is 982 g/mol. The van der Waals surface area contributed by atoms with Gasteiger partial charge in [-0.05, 0) is 99.9 Å². The first-order chi connectivity index (χ1) is 34.7. The topological polar surface area (TPSA) is 213 Å². The van der Waals surface area contributed by atoms with Gasteiger partial charge in [0.05, 0.1) is 39.4 Å². The summed E-state index contributed by atoms with van der Waals surface area (Å²) in [6.07, 6.45) is 0.0145. The van der Waals surface area contributed by atoms with E-state index in [-0.39, 0.29) is 50.7 Å². The number of rotatable bonds is 19. The number of nitrogens with zero attached hydrogens (tertiary/aromatic N) is 4. The van der Waals surface area contributed by atoms with Crippen LogP contribution in [-0.4, -0.2) is 112 Å². The summed E-state index contributed by atoms with van der Waals surface area (Å²) in [6.45, 7) is 21.1. The van der Waals surface area contributed by atoms with Crippen molar-refractivity contribution >= 4 is 52.7 Å². The molecule has 3 aromatic carbocycles. The molecule has 6 rings (SSSR count). The van der Waals surface area contributed by atoms with Gasteiger partial charge in [-0.25, -0.2) is 9.78 Å². The zero-order valence-corrected chi connectivity index (χ0v) is 46.0. The molecule has 1 aromatic heterocycles. The van der Waals surface area contributed by atoms with E-state index in [1.807, 2.05) is 58.9 Å². The predicted molar refractivity (Wildman–Crippen MR) is 285 cm³/mol. The number of aliphatic hydroxyl groups excluding tert-OH is 1. The molecular formula is C56H72ClN7O9S. The molecule has 2 fully saturated rings. The van der Waals surface area contributed by atoms with Gasteiger partial charge in [-0.2, -0.15) is 5.26 Å². The Labute approximate surface area is 444 Å². The Hall–Kier alpha value is -6.22. The molecule has 74 heavy (non-hydrogen) atoms. The molecule has 18 heteroatoms. The number of aryl methyl sites for hydroxylation is 1. The first-order valence-corrected chi connectivity index (χ1v) is 26.4. The molecule has 2 aliphatic rings. The predicted octanol–water partition coefficient (Wildman–Crippen LogP) is 8.85. The van der Waals surface area contributed by atoms with E-state index in [2.05, 4.69) is 27.0 Å². The number of aliphatic hydroxyl groups is 1. The van der Waals surface area contributed by atoms with E-state index in [1.165, 1.54) is 9.80 Å². The van der Waals surface area contributed by atoms with E-state index in [1.54, 1.807) is 101 Å². The summed E-state index contributed by atoms with van der Waals surface area (Å²) in [7, 11) is 0. The van der Waals surface area contributed by atoms with Crippen LogP contribution in [0.15, 0.2) is 72.2 Å². The molecule has 1 saturated carbocycles. The third-order valence-corrected chi connectivity index (χ3v) is 14.9. The van der Waals surface area contributed by atoms with Gasteiger partial charge in [-0.3, -0.25) is 24.1 Å². The van der Waals surface area contributed by atoms with Crippen LogP contribution < -0.4 is 25.4 Å². The summed E-state index contributed by atoms with van der Waals surface area (Å²) in [6, 6.07) is 19.5. The standard InChI is InChI=1S/C56H72ClN7O9S/c1-34-45(74-33-60-34)36-17-15-35(16-18-36)30-59-48(68)43-27-39(65)31-64(43)49(69)46(53(2,3)4)61-44(66)32-63(52(70)73-54(5,6)7)25-13-12-14-26-71-40-22-19-37(20-23-40)47(67)62-50-55(8,9)51(56(50,10)11)72-41-24-21-38(29-58)42(57)28-41/h15-24,28,33,39,43,46,50-51,65H,12-14,25-27,30-32H2,1-11H3,(H,59,68)(H,61,66)(H,62,67)/t39-,43+,46?,50-,51-/m1/s1. The van der Waals surface area contributed by atoms with Gasteiger partial charge in [0, 0.05) is 54.6 Å². The Morgan fingerprint density at radius 2 is 1.61 bits per heavy atom. The summed E-state index contributed by atoms with van der Waals surface area (Å²) in [4.78, 5) is 76.7. The molecule has 1 aliphatic carbocycles. The quantitative estimate of drug-likeness (QED) is 0.0652. The van der Waals surface area contributed by atoms with Crippen LogP contribution in [0.1, 0.15) is 122 Å². The monoisotopic (exact) mass is 1050 g/mol. The maximum atomic E-state index is 14.3. The number of carbonyl (C=O) groups is 5. The number of amides is 5. The number of aromatic nitrogens is 1. The van der Waals surface area contributed by atoms with Gasteiger partial charge in [0.15, 0.2) is 0 Å². The molecule has 1 unspecified atom stereocenters. The third kappa shape index (κ3) is 14.1. The lowest BCUT2D eigenvalue weighted by Gasteiger charge is -2.63. The highest BCUT2D eigenvalue weighted by Crippen LogP contribution is 2.55. The van der Waals surface area contributed by atoms with Crippen LogP contribution in [0.3, 0.4) is 0 Å². The Morgan fingerprint density at radius 1 is 0.946 bits per heavy atom. The largest absolute Gasteiger partial charge is 0.494 e. The molecule has 4 N–H and O–H groups in total. The summed E-state index contributed by atoms with van der Waals surface area (Å²) in [5.74, 6) is -0.570. The molecule has 0 bridgehead atoms. The highest BCUT2D eigenvalue weighted by Gasteiger charge is 2.64. The highest BCUT2D eigenvalue weighted by molar-refractivity contribution is 7.13. The number of carbonyl (C=O) groups excluding carboxylic acids is 5. The number of nitrogens with one attached hydrogen (secondary N) is 3.